The molecule has 3 rings (SSSR count). The molecule has 1 N–H and O–H groups in total. The molecule has 1 aromatic heterocycles. The van der Waals surface area contributed by atoms with Gasteiger partial charge in [0.1, 0.15) is 0 Å². The van der Waals surface area contributed by atoms with Gasteiger partial charge in [-0.1, -0.05) is 26.7 Å². The number of alkyl halides is 3. The molecule has 1 fully saturated rings. The van der Waals surface area contributed by atoms with Crippen LogP contribution in [0.5, 0.6) is 0 Å². The third-order valence-corrected chi connectivity index (χ3v) is 4.92. The molecule has 0 saturated heterocycles. The largest absolute Gasteiger partial charge is 0.416 e. The molecule has 0 radical (unpaired) electrons. The van der Waals surface area contributed by atoms with E-state index < -0.39 is 11.7 Å². The van der Waals surface area contributed by atoms with Crippen molar-refractivity contribution in [3.63, 3.8) is 0 Å². The Bertz CT molecular complexity index is 652. The SMILES string of the molecule is CC1(C)CCCCC1c1c[nH]c2ccc(C(F)(F)F)cc12. The minimum absolute atomic E-state index is 0.140. The van der Waals surface area contributed by atoms with E-state index in [1.54, 1.807) is 0 Å². The molecule has 0 spiro atoms. The van der Waals surface area contributed by atoms with Gasteiger partial charge in [-0.25, -0.2) is 0 Å². The van der Waals surface area contributed by atoms with Crippen molar-refractivity contribution in [2.75, 3.05) is 0 Å². The summed E-state index contributed by atoms with van der Waals surface area (Å²) in [4.78, 5) is 3.13. The van der Waals surface area contributed by atoms with Crippen LogP contribution in [-0.2, 0) is 6.18 Å². The van der Waals surface area contributed by atoms with Gasteiger partial charge in [0.2, 0.25) is 0 Å². The second kappa shape index (κ2) is 4.79. The van der Waals surface area contributed by atoms with E-state index in [0.29, 0.717) is 5.92 Å². The summed E-state index contributed by atoms with van der Waals surface area (Å²) in [5.41, 5.74) is 1.41. The quantitative estimate of drug-likeness (QED) is 0.677. The number of fused-ring (bicyclic) bond motifs is 1. The van der Waals surface area contributed by atoms with Crippen LogP contribution in [0.25, 0.3) is 10.9 Å². The van der Waals surface area contributed by atoms with E-state index >= 15 is 0 Å². The van der Waals surface area contributed by atoms with Crippen LogP contribution in [0.3, 0.4) is 0 Å². The minimum Gasteiger partial charge on any atom is -0.361 e. The Morgan fingerprint density at radius 1 is 1.19 bits per heavy atom. The van der Waals surface area contributed by atoms with E-state index in [9.17, 15) is 13.2 Å². The van der Waals surface area contributed by atoms with Crippen molar-refractivity contribution in [3.8, 4) is 0 Å². The Hall–Kier alpha value is -1.45. The van der Waals surface area contributed by atoms with E-state index in [4.69, 9.17) is 0 Å². The lowest BCUT2D eigenvalue weighted by Crippen LogP contribution is -2.25. The smallest absolute Gasteiger partial charge is 0.361 e. The van der Waals surface area contributed by atoms with Crippen molar-refractivity contribution in [2.45, 2.75) is 51.6 Å². The molecule has 1 saturated carbocycles. The molecule has 0 aliphatic heterocycles. The molecule has 1 aliphatic carbocycles. The Morgan fingerprint density at radius 2 is 1.95 bits per heavy atom. The maximum absolute atomic E-state index is 12.9. The number of hydrogen-bond acceptors (Lipinski definition) is 0. The van der Waals surface area contributed by atoms with E-state index in [0.717, 1.165) is 41.8 Å². The maximum Gasteiger partial charge on any atom is 0.416 e. The van der Waals surface area contributed by atoms with Gasteiger partial charge in [-0.15, -0.1) is 0 Å². The molecule has 1 atom stereocenters. The van der Waals surface area contributed by atoms with Crippen molar-refractivity contribution in [1.82, 2.24) is 4.98 Å². The lowest BCUT2D eigenvalue weighted by Gasteiger charge is -2.38. The number of nitrogens with one attached hydrogen (secondary N) is 1. The first-order chi connectivity index (χ1) is 9.79. The Labute approximate surface area is 122 Å². The first-order valence-corrected chi connectivity index (χ1v) is 7.47. The van der Waals surface area contributed by atoms with Crippen LogP contribution in [0.2, 0.25) is 0 Å². The zero-order valence-corrected chi connectivity index (χ0v) is 12.3. The highest BCUT2D eigenvalue weighted by molar-refractivity contribution is 5.84. The molecule has 114 valence electrons. The molecule has 1 nitrogen and oxygen atoms in total. The number of H-pyrrole nitrogens is 1. The molecule has 2 aromatic rings. The van der Waals surface area contributed by atoms with Crippen LogP contribution in [-0.4, -0.2) is 4.98 Å². The van der Waals surface area contributed by atoms with E-state index in [1.807, 2.05) is 6.20 Å². The maximum atomic E-state index is 12.9. The van der Waals surface area contributed by atoms with Crippen LogP contribution in [0, 0.1) is 5.41 Å². The number of aromatic nitrogens is 1. The standard InChI is InChI=1S/C17H20F3N/c1-16(2)8-4-3-5-14(16)13-10-21-15-7-6-11(9-12(13)15)17(18,19)20/h6-7,9-10,14,21H,3-5,8H2,1-2H3. The van der Waals surface area contributed by atoms with E-state index in [1.165, 1.54) is 18.6 Å². The van der Waals surface area contributed by atoms with Crippen molar-refractivity contribution in [3.05, 3.63) is 35.5 Å². The highest BCUT2D eigenvalue weighted by Gasteiger charge is 2.35. The molecule has 1 heterocycles. The number of hydrogen-bond donors (Lipinski definition) is 1. The van der Waals surface area contributed by atoms with Gasteiger partial charge in [0.25, 0.3) is 0 Å². The zero-order chi connectivity index (χ0) is 15.3. The lowest BCUT2D eigenvalue weighted by atomic mass is 9.66. The fourth-order valence-electron chi connectivity index (χ4n) is 3.68. The predicted octanol–water partition coefficient (Wildman–Crippen LogP) is 5.87. The summed E-state index contributed by atoms with van der Waals surface area (Å²) >= 11 is 0. The number of halogens is 3. The van der Waals surface area contributed by atoms with Gasteiger partial charge in [0.15, 0.2) is 0 Å². The topological polar surface area (TPSA) is 15.8 Å². The lowest BCUT2D eigenvalue weighted by molar-refractivity contribution is -0.137. The Balaban J connectivity index is 2.10. The van der Waals surface area contributed by atoms with Crippen molar-refractivity contribution < 1.29 is 13.2 Å². The van der Waals surface area contributed by atoms with Gasteiger partial charge in [-0.2, -0.15) is 13.2 Å². The molecule has 4 heteroatoms. The van der Waals surface area contributed by atoms with Crippen LogP contribution in [0.15, 0.2) is 24.4 Å². The molecule has 1 aliphatic rings. The number of benzene rings is 1. The Morgan fingerprint density at radius 3 is 2.62 bits per heavy atom. The molecule has 0 bridgehead atoms. The van der Waals surface area contributed by atoms with E-state index in [2.05, 4.69) is 18.8 Å². The highest BCUT2D eigenvalue weighted by atomic mass is 19.4. The summed E-state index contributed by atoms with van der Waals surface area (Å²) in [7, 11) is 0. The van der Waals surface area contributed by atoms with Gasteiger partial charge in [-0.05, 0) is 47.9 Å². The van der Waals surface area contributed by atoms with Gasteiger partial charge < -0.3 is 4.98 Å². The molecular weight excluding hydrogens is 275 g/mol. The molecular formula is C17H20F3N. The minimum atomic E-state index is -4.29. The normalized spacial score (nSPS) is 22.6. The fourth-order valence-corrected chi connectivity index (χ4v) is 3.68. The second-order valence-corrected chi connectivity index (χ2v) is 6.79. The number of aromatic amines is 1. The fraction of sp³-hybridized carbons (Fsp3) is 0.529. The third-order valence-electron chi connectivity index (χ3n) is 4.92. The van der Waals surface area contributed by atoms with Gasteiger partial charge >= 0.3 is 6.18 Å². The summed E-state index contributed by atoms with van der Waals surface area (Å²) < 4.78 is 38.8. The number of rotatable bonds is 1. The highest BCUT2D eigenvalue weighted by Crippen LogP contribution is 2.48. The average Bonchev–Trinajstić information content (AvgIpc) is 2.80. The first kappa shape index (κ1) is 14.5. The van der Waals surface area contributed by atoms with Gasteiger partial charge in [0.05, 0.1) is 5.56 Å². The van der Waals surface area contributed by atoms with Crippen LogP contribution >= 0.6 is 0 Å². The van der Waals surface area contributed by atoms with Crippen LogP contribution in [0.1, 0.15) is 56.6 Å². The molecule has 1 aromatic carbocycles. The average molecular weight is 295 g/mol. The summed E-state index contributed by atoms with van der Waals surface area (Å²) in [6, 6.07) is 3.98. The zero-order valence-electron chi connectivity index (χ0n) is 12.3. The van der Waals surface area contributed by atoms with Crippen molar-refractivity contribution in [2.24, 2.45) is 5.41 Å². The summed E-state index contributed by atoms with van der Waals surface area (Å²) in [6.45, 7) is 4.45. The van der Waals surface area contributed by atoms with E-state index in [-0.39, 0.29) is 5.41 Å². The molecule has 1 unspecified atom stereocenters. The Kier molecular flexibility index (Phi) is 3.30. The van der Waals surface area contributed by atoms with Crippen molar-refractivity contribution in [1.29, 1.82) is 0 Å². The summed E-state index contributed by atoms with van der Waals surface area (Å²) in [5.74, 6) is 0.323. The first-order valence-electron chi connectivity index (χ1n) is 7.47. The molecule has 0 amide bonds. The monoisotopic (exact) mass is 295 g/mol. The van der Waals surface area contributed by atoms with Gasteiger partial charge in [0, 0.05) is 17.1 Å². The predicted molar refractivity (Wildman–Crippen MR) is 78.3 cm³/mol. The summed E-state index contributed by atoms with van der Waals surface area (Å²) in [6.07, 6.45) is 2.16. The van der Waals surface area contributed by atoms with Crippen LogP contribution < -0.4 is 0 Å². The third kappa shape index (κ3) is 2.56. The summed E-state index contributed by atoms with van der Waals surface area (Å²) in [5, 5.41) is 0.727. The van der Waals surface area contributed by atoms with Crippen molar-refractivity contribution >= 4 is 10.9 Å². The molecule has 21 heavy (non-hydrogen) atoms. The van der Waals surface area contributed by atoms with Gasteiger partial charge in [-0.3, -0.25) is 0 Å². The second-order valence-electron chi connectivity index (χ2n) is 6.79. The van der Waals surface area contributed by atoms with Crippen LogP contribution in [0.4, 0.5) is 13.2 Å².